The molecule has 0 radical (unpaired) electrons. The summed E-state index contributed by atoms with van der Waals surface area (Å²) >= 11 is 0. The predicted molar refractivity (Wildman–Crippen MR) is 234 cm³/mol. The number of aliphatic hydroxyl groups is 2. The van der Waals surface area contributed by atoms with Gasteiger partial charge in [-0.3, -0.25) is 9.59 Å². The molecule has 0 heterocycles. The summed E-state index contributed by atoms with van der Waals surface area (Å²) in [5.74, 6) is 1.96. The molecule has 0 spiro atoms. The van der Waals surface area contributed by atoms with Crippen molar-refractivity contribution in [3.63, 3.8) is 0 Å². The fourth-order valence-electron chi connectivity index (χ4n) is 8.57. The van der Waals surface area contributed by atoms with Gasteiger partial charge in [0.2, 0.25) is 11.6 Å². The number of nitrogens with one attached hydrogen (secondary N) is 2. The maximum Gasteiger partial charge on any atom is 0.407 e. The van der Waals surface area contributed by atoms with E-state index < -0.39 is 48.2 Å². The van der Waals surface area contributed by atoms with E-state index in [-0.39, 0.29) is 34.3 Å². The molecule has 2 aliphatic rings. The van der Waals surface area contributed by atoms with Crippen LogP contribution < -0.4 is 29.6 Å². The van der Waals surface area contributed by atoms with E-state index in [2.05, 4.69) is 10.6 Å². The maximum atomic E-state index is 13.7. The monoisotopic (exact) mass is 866 g/mol. The predicted octanol–water partition coefficient (Wildman–Crippen LogP) is 7.52. The Morgan fingerprint density at radius 3 is 1.05 bits per heavy atom. The summed E-state index contributed by atoms with van der Waals surface area (Å²) in [5, 5.41) is 29.5. The van der Waals surface area contributed by atoms with Gasteiger partial charge in [-0.1, -0.05) is 24.3 Å². The first-order valence-corrected chi connectivity index (χ1v) is 21.4. The molecule has 4 aromatic carbocycles. The zero-order chi connectivity index (χ0) is 45.0. The van der Waals surface area contributed by atoms with Gasteiger partial charge in [-0.15, -0.1) is 0 Å². The highest BCUT2D eigenvalue weighted by atomic mass is 16.6. The number of ether oxygens (including phenoxy) is 6. The van der Waals surface area contributed by atoms with Crippen molar-refractivity contribution in [2.45, 2.75) is 81.1 Å². The van der Waals surface area contributed by atoms with Crippen LogP contribution in [-0.4, -0.2) is 87.7 Å². The van der Waals surface area contributed by atoms with Crippen molar-refractivity contribution in [3.05, 3.63) is 119 Å². The summed E-state index contributed by atoms with van der Waals surface area (Å²) < 4.78 is 32.0. The number of carbonyl (C=O) groups excluding carboxylic acids is 4. The molecule has 0 aromatic heterocycles. The van der Waals surface area contributed by atoms with Crippen molar-refractivity contribution in [1.29, 1.82) is 0 Å². The lowest BCUT2D eigenvalue weighted by Crippen LogP contribution is -2.44. The Labute approximate surface area is 368 Å². The second-order valence-electron chi connectivity index (χ2n) is 16.4. The highest BCUT2D eigenvalue weighted by Gasteiger charge is 2.42. The maximum absolute atomic E-state index is 13.7. The minimum atomic E-state index is -2.15. The molecule has 0 saturated heterocycles. The number of Topliss-reactive ketones (excluding diaryl/α,β-unsaturated/α-hetero) is 2. The van der Waals surface area contributed by atoms with Crippen molar-refractivity contribution < 1.29 is 57.8 Å². The molecule has 2 aliphatic carbocycles. The Morgan fingerprint density at radius 1 is 0.476 bits per heavy atom. The second kappa shape index (κ2) is 21.3. The van der Waals surface area contributed by atoms with Crippen LogP contribution in [0.25, 0.3) is 0 Å². The summed E-state index contributed by atoms with van der Waals surface area (Å²) in [6.07, 6.45) is 6.51. The number of rotatable bonds is 18. The lowest BCUT2D eigenvalue weighted by atomic mass is 9.76. The minimum absolute atomic E-state index is 0.0973. The number of alkyl carbamates (subject to hydrolysis) is 2. The van der Waals surface area contributed by atoms with Gasteiger partial charge in [-0.05, 0) is 154 Å². The van der Waals surface area contributed by atoms with Crippen molar-refractivity contribution in [2.75, 3.05) is 41.7 Å². The summed E-state index contributed by atoms with van der Waals surface area (Å²) in [6.45, 7) is -1.17. The molecule has 2 amide bonds. The number of carbonyl (C=O) groups is 4. The number of ketones is 2. The van der Waals surface area contributed by atoms with Crippen molar-refractivity contribution in [3.8, 4) is 23.0 Å². The Morgan fingerprint density at radius 2 is 0.762 bits per heavy atom. The first-order valence-electron chi connectivity index (χ1n) is 21.4. The average Bonchev–Trinajstić information content (AvgIpc) is 3.33. The van der Waals surface area contributed by atoms with Crippen molar-refractivity contribution >= 4 is 23.8 Å². The number of hydrogen-bond acceptors (Lipinski definition) is 12. The Bertz CT molecular complexity index is 1980. The summed E-state index contributed by atoms with van der Waals surface area (Å²) in [7, 11) is 6.08. The first kappa shape index (κ1) is 46.4. The largest absolute Gasteiger partial charge is 0.497 e. The van der Waals surface area contributed by atoms with E-state index in [1.807, 2.05) is 0 Å². The van der Waals surface area contributed by atoms with Gasteiger partial charge < -0.3 is 49.3 Å². The van der Waals surface area contributed by atoms with Gasteiger partial charge in [0.25, 0.3) is 0 Å². The number of hydrogen-bond donors (Lipinski definition) is 4. The highest BCUT2D eigenvalue weighted by Crippen LogP contribution is 2.36. The van der Waals surface area contributed by atoms with E-state index in [4.69, 9.17) is 28.4 Å². The smallest absolute Gasteiger partial charge is 0.407 e. The van der Waals surface area contributed by atoms with Gasteiger partial charge in [-0.2, -0.15) is 0 Å². The summed E-state index contributed by atoms with van der Waals surface area (Å²) in [6, 6.07) is 25.3. The molecule has 6 rings (SSSR count). The van der Waals surface area contributed by atoms with E-state index in [1.165, 1.54) is 28.4 Å². The second-order valence-corrected chi connectivity index (χ2v) is 16.4. The Hall–Kier alpha value is -6.12. The fourth-order valence-corrected chi connectivity index (χ4v) is 8.57. The van der Waals surface area contributed by atoms with Gasteiger partial charge in [0.1, 0.15) is 36.2 Å². The van der Waals surface area contributed by atoms with Crippen LogP contribution in [-0.2, 0) is 20.7 Å². The summed E-state index contributed by atoms with van der Waals surface area (Å²) in [4.78, 5) is 53.5. The van der Waals surface area contributed by atoms with Crippen LogP contribution in [0.15, 0.2) is 97.1 Å². The topological polar surface area (TPSA) is 188 Å². The molecular weight excluding hydrogens is 809 g/mol. The van der Waals surface area contributed by atoms with E-state index in [0.717, 1.165) is 57.8 Å². The van der Waals surface area contributed by atoms with Crippen LogP contribution in [0.4, 0.5) is 9.59 Å². The summed E-state index contributed by atoms with van der Waals surface area (Å²) in [5.41, 5.74) is -3.31. The molecule has 14 nitrogen and oxygen atoms in total. The van der Waals surface area contributed by atoms with E-state index in [0.29, 0.717) is 34.8 Å². The lowest BCUT2D eigenvalue weighted by molar-refractivity contribution is -0.0112. The molecule has 2 unspecified atom stereocenters. The van der Waals surface area contributed by atoms with Crippen molar-refractivity contribution in [1.82, 2.24) is 10.6 Å². The average molecular weight is 867 g/mol. The van der Waals surface area contributed by atoms with E-state index >= 15 is 0 Å². The molecular formula is C49H58N2O12. The van der Waals surface area contributed by atoms with Gasteiger partial charge in [0.05, 0.1) is 28.4 Å². The number of methoxy groups -OCH3 is 4. The SMILES string of the molecule is COc1ccc(C(=O)C(O)(COC(=O)NC2CCC(CC3CCC(NC(=O)OCC(O)(C(=O)c4ccc(OC)cc4)c4ccc(OC)cc4)CC3)CC2)c2ccc(OC)cc2)cc1. The molecule has 0 aliphatic heterocycles. The number of benzene rings is 4. The van der Waals surface area contributed by atoms with Crippen LogP contribution >= 0.6 is 0 Å². The first-order chi connectivity index (χ1) is 30.4. The normalized spacial score (nSPS) is 20.4. The lowest BCUT2D eigenvalue weighted by Gasteiger charge is -2.34. The quantitative estimate of drug-likeness (QED) is 0.0722. The third kappa shape index (κ3) is 11.7. The molecule has 4 N–H and O–H groups in total. The van der Waals surface area contributed by atoms with E-state index in [1.54, 1.807) is 97.1 Å². The number of amides is 2. The molecule has 2 saturated carbocycles. The highest BCUT2D eigenvalue weighted by molar-refractivity contribution is 6.04. The molecule has 2 fully saturated rings. The Kier molecular flexibility index (Phi) is 15.7. The van der Waals surface area contributed by atoms with Gasteiger partial charge >= 0.3 is 12.2 Å². The van der Waals surface area contributed by atoms with Crippen LogP contribution in [0.5, 0.6) is 23.0 Å². The Balaban J connectivity index is 0.940. The van der Waals surface area contributed by atoms with Gasteiger partial charge in [0.15, 0.2) is 11.2 Å². The van der Waals surface area contributed by atoms with Crippen molar-refractivity contribution in [2.24, 2.45) is 11.8 Å². The minimum Gasteiger partial charge on any atom is -0.497 e. The zero-order valence-corrected chi connectivity index (χ0v) is 36.3. The molecule has 14 heteroatoms. The van der Waals surface area contributed by atoms with E-state index in [9.17, 15) is 29.4 Å². The fraction of sp³-hybridized carbons (Fsp3) is 0.429. The zero-order valence-electron chi connectivity index (χ0n) is 36.3. The molecule has 63 heavy (non-hydrogen) atoms. The van der Waals surface area contributed by atoms with Gasteiger partial charge in [0, 0.05) is 23.2 Å². The van der Waals surface area contributed by atoms with Crippen LogP contribution in [0.2, 0.25) is 0 Å². The van der Waals surface area contributed by atoms with Crippen LogP contribution in [0.1, 0.15) is 89.6 Å². The molecule has 2 atom stereocenters. The molecule has 0 bridgehead atoms. The molecule has 336 valence electrons. The third-order valence-corrected chi connectivity index (χ3v) is 12.4. The van der Waals surface area contributed by atoms with Gasteiger partial charge in [-0.25, -0.2) is 9.59 Å². The third-order valence-electron chi connectivity index (χ3n) is 12.4. The van der Waals surface area contributed by atoms with Crippen LogP contribution in [0.3, 0.4) is 0 Å². The standard InChI is InChI=1S/C49H58N2O12/c1-58-40-21-9-34(10-22-40)44(52)48(56,36-13-25-42(60-3)26-14-36)30-62-46(54)50-38-17-5-32(6-18-38)29-33-7-19-39(20-8-33)51-47(55)63-31-49(57,37-15-27-43(61-4)28-16-37)45(53)35-11-23-41(59-2)24-12-35/h9-16,21-28,32-33,38-39,56-57H,5-8,17-20,29-31H2,1-4H3,(H,50,54)(H,51,55). The van der Waals surface area contributed by atoms with Crippen LogP contribution in [0, 0.1) is 11.8 Å². The molecule has 4 aromatic rings.